The summed E-state index contributed by atoms with van der Waals surface area (Å²) >= 11 is 6.09. The summed E-state index contributed by atoms with van der Waals surface area (Å²) in [6, 6.07) is 9.70. The first-order valence-corrected chi connectivity index (χ1v) is 6.61. The molecule has 5 nitrogen and oxygen atoms in total. The molecule has 0 aliphatic rings. The fourth-order valence-electron chi connectivity index (χ4n) is 1.39. The number of aromatic amines is 1. The lowest BCUT2D eigenvalue weighted by atomic mass is 10.1. The third kappa shape index (κ3) is 3.94. The molecule has 0 radical (unpaired) electrons. The lowest BCUT2D eigenvalue weighted by molar-refractivity contribution is 0.252. The van der Waals surface area contributed by atoms with Crippen LogP contribution in [0.15, 0.2) is 30.3 Å². The number of anilines is 1. The van der Waals surface area contributed by atoms with Crippen LogP contribution in [0.2, 0.25) is 0 Å². The van der Waals surface area contributed by atoms with E-state index in [0.29, 0.717) is 15.6 Å². The fourth-order valence-corrected chi connectivity index (χ4v) is 2.17. The smallest absolute Gasteiger partial charge is 0.321 e. The van der Waals surface area contributed by atoms with E-state index in [1.807, 2.05) is 30.3 Å². The highest BCUT2D eigenvalue weighted by Crippen LogP contribution is 2.09. The Hall–Kier alpha value is -1.73. The molecule has 0 bridgehead atoms. The number of benzene rings is 1. The Bertz CT molecular complexity index is 564. The summed E-state index contributed by atoms with van der Waals surface area (Å²) in [7, 11) is 0. The zero-order valence-corrected chi connectivity index (χ0v) is 11.1. The van der Waals surface area contributed by atoms with Crippen molar-refractivity contribution in [1.82, 2.24) is 15.5 Å². The molecule has 0 unspecified atom stereocenters. The summed E-state index contributed by atoms with van der Waals surface area (Å²) in [4.78, 5) is 11.5. The van der Waals surface area contributed by atoms with Crippen LogP contribution in [-0.4, -0.2) is 22.8 Å². The van der Waals surface area contributed by atoms with Crippen molar-refractivity contribution in [3.05, 3.63) is 39.8 Å². The van der Waals surface area contributed by atoms with Gasteiger partial charge in [-0.2, -0.15) is 0 Å². The Balaban J connectivity index is 1.74. The zero-order chi connectivity index (χ0) is 12.8. The molecule has 18 heavy (non-hydrogen) atoms. The van der Waals surface area contributed by atoms with E-state index < -0.39 is 0 Å². The quantitative estimate of drug-likeness (QED) is 0.754. The van der Waals surface area contributed by atoms with Crippen LogP contribution in [0, 0.1) is 3.95 Å². The van der Waals surface area contributed by atoms with Crippen molar-refractivity contribution < 1.29 is 4.79 Å². The van der Waals surface area contributed by atoms with Crippen LogP contribution in [0.4, 0.5) is 9.93 Å². The molecule has 1 heterocycles. The topological polar surface area (TPSA) is 69.8 Å². The number of nitrogens with one attached hydrogen (secondary N) is 3. The second-order valence-electron chi connectivity index (χ2n) is 3.53. The van der Waals surface area contributed by atoms with Crippen LogP contribution < -0.4 is 10.6 Å². The maximum atomic E-state index is 11.5. The van der Waals surface area contributed by atoms with Crippen molar-refractivity contribution in [3.63, 3.8) is 0 Å². The number of urea groups is 1. The van der Waals surface area contributed by atoms with Gasteiger partial charge in [0, 0.05) is 6.54 Å². The average molecular weight is 280 g/mol. The maximum Gasteiger partial charge on any atom is 0.321 e. The van der Waals surface area contributed by atoms with Crippen LogP contribution in [0.5, 0.6) is 0 Å². The van der Waals surface area contributed by atoms with Crippen molar-refractivity contribution in [3.8, 4) is 0 Å². The number of carbonyl (C=O) groups excluding carboxylic acids is 1. The Morgan fingerprint density at radius 2 is 2.17 bits per heavy atom. The Kier molecular flexibility index (Phi) is 4.43. The van der Waals surface area contributed by atoms with Gasteiger partial charge < -0.3 is 5.32 Å². The van der Waals surface area contributed by atoms with Crippen molar-refractivity contribution >= 4 is 34.7 Å². The van der Waals surface area contributed by atoms with Gasteiger partial charge in [-0.15, -0.1) is 5.10 Å². The Labute approximate surface area is 113 Å². The summed E-state index contributed by atoms with van der Waals surface area (Å²) in [6.45, 7) is 0.575. The van der Waals surface area contributed by atoms with E-state index in [2.05, 4.69) is 20.8 Å². The minimum Gasteiger partial charge on any atom is -0.337 e. The van der Waals surface area contributed by atoms with Gasteiger partial charge in [-0.25, -0.2) is 4.79 Å². The first-order valence-electron chi connectivity index (χ1n) is 5.38. The van der Waals surface area contributed by atoms with E-state index in [4.69, 9.17) is 12.2 Å². The van der Waals surface area contributed by atoms with Crippen molar-refractivity contribution in [2.45, 2.75) is 6.42 Å². The number of H-pyrrole nitrogens is 1. The maximum absolute atomic E-state index is 11.5. The van der Waals surface area contributed by atoms with Gasteiger partial charge >= 0.3 is 6.03 Å². The lowest BCUT2D eigenvalue weighted by Gasteiger charge is -2.04. The SMILES string of the molecule is O=C(NCCc1ccccc1)Nc1n[nH]c(=S)s1. The number of hydrogen-bond acceptors (Lipinski definition) is 4. The highest BCUT2D eigenvalue weighted by atomic mass is 32.1. The summed E-state index contributed by atoms with van der Waals surface area (Å²) in [6.07, 6.45) is 0.796. The summed E-state index contributed by atoms with van der Waals surface area (Å²) in [5.41, 5.74) is 1.19. The first kappa shape index (κ1) is 12.7. The number of nitrogens with zero attached hydrogens (tertiary/aromatic N) is 1. The highest BCUT2D eigenvalue weighted by Gasteiger charge is 2.03. The van der Waals surface area contributed by atoms with Gasteiger partial charge in [0.15, 0.2) is 3.95 Å². The number of hydrogen-bond donors (Lipinski definition) is 3. The molecule has 2 amide bonds. The van der Waals surface area contributed by atoms with Gasteiger partial charge in [-0.1, -0.05) is 41.7 Å². The van der Waals surface area contributed by atoms with Gasteiger partial charge in [0.1, 0.15) is 0 Å². The largest absolute Gasteiger partial charge is 0.337 e. The molecule has 0 saturated carbocycles. The lowest BCUT2D eigenvalue weighted by Crippen LogP contribution is -2.30. The molecule has 2 aromatic rings. The third-order valence-electron chi connectivity index (χ3n) is 2.20. The molecule has 0 atom stereocenters. The first-order chi connectivity index (χ1) is 8.74. The molecule has 7 heteroatoms. The average Bonchev–Trinajstić information content (AvgIpc) is 2.76. The standard InChI is InChI=1S/C11H12N4OS2/c16-9(13-10-14-15-11(17)18-10)12-7-6-8-4-2-1-3-5-8/h1-5H,6-7H2,(H,15,17)(H2,12,13,14,16). The van der Waals surface area contributed by atoms with Crippen molar-refractivity contribution in [2.24, 2.45) is 0 Å². The Morgan fingerprint density at radius 3 is 2.83 bits per heavy atom. The predicted molar refractivity (Wildman–Crippen MR) is 74.5 cm³/mol. The van der Waals surface area contributed by atoms with Gasteiger partial charge in [-0.3, -0.25) is 10.4 Å². The van der Waals surface area contributed by atoms with Gasteiger partial charge in [0.25, 0.3) is 0 Å². The fraction of sp³-hybridized carbons (Fsp3) is 0.182. The monoisotopic (exact) mass is 280 g/mol. The van der Waals surface area contributed by atoms with E-state index in [1.165, 1.54) is 16.9 Å². The molecule has 1 aromatic carbocycles. The molecule has 2 rings (SSSR count). The molecule has 0 aliphatic heterocycles. The molecular formula is C11H12N4OS2. The molecule has 0 fully saturated rings. The van der Waals surface area contributed by atoms with E-state index in [-0.39, 0.29) is 6.03 Å². The summed E-state index contributed by atoms with van der Waals surface area (Å²) in [5.74, 6) is 0. The van der Waals surface area contributed by atoms with Gasteiger partial charge in [0.05, 0.1) is 0 Å². The van der Waals surface area contributed by atoms with Crippen LogP contribution in [0.3, 0.4) is 0 Å². The molecular weight excluding hydrogens is 268 g/mol. The minimum atomic E-state index is -0.274. The van der Waals surface area contributed by atoms with Crippen LogP contribution in [-0.2, 0) is 6.42 Å². The molecule has 0 saturated heterocycles. The summed E-state index contributed by atoms with van der Waals surface area (Å²) < 4.78 is 0.537. The summed E-state index contributed by atoms with van der Waals surface area (Å²) in [5, 5.41) is 12.3. The van der Waals surface area contributed by atoms with E-state index in [1.54, 1.807) is 0 Å². The predicted octanol–water partition coefficient (Wildman–Crippen LogP) is 2.56. The Morgan fingerprint density at radius 1 is 1.39 bits per heavy atom. The second-order valence-corrected chi connectivity index (χ2v) is 5.20. The van der Waals surface area contributed by atoms with E-state index in [0.717, 1.165) is 6.42 Å². The third-order valence-corrected chi connectivity index (χ3v) is 3.21. The minimum absolute atomic E-state index is 0.274. The molecule has 1 aromatic heterocycles. The van der Waals surface area contributed by atoms with Gasteiger partial charge in [-0.05, 0) is 24.2 Å². The molecule has 94 valence electrons. The van der Waals surface area contributed by atoms with E-state index in [9.17, 15) is 4.79 Å². The highest BCUT2D eigenvalue weighted by molar-refractivity contribution is 7.73. The number of amides is 2. The normalized spacial score (nSPS) is 10.0. The molecule has 0 aliphatic carbocycles. The van der Waals surface area contributed by atoms with E-state index >= 15 is 0 Å². The van der Waals surface area contributed by atoms with Crippen LogP contribution in [0.25, 0.3) is 0 Å². The van der Waals surface area contributed by atoms with Crippen LogP contribution in [0.1, 0.15) is 5.56 Å². The number of aromatic nitrogens is 2. The number of rotatable bonds is 4. The molecule has 0 spiro atoms. The van der Waals surface area contributed by atoms with Crippen molar-refractivity contribution in [1.29, 1.82) is 0 Å². The zero-order valence-electron chi connectivity index (χ0n) is 9.47. The van der Waals surface area contributed by atoms with Gasteiger partial charge in [0.2, 0.25) is 5.13 Å². The number of carbonyl (C=O) groups is 1. The van der Waals surface area contributed by atoms with Crippen LogP contribution >= 0.6 is 23.6 Å². The van der Waals surface area contributed by atoms with Crippen molar-refractivity contribution in [2.75, 3.05) is 11.9 Å². The second kappa shape index (κ2) is 6.27. The molecule has 3 N–H and O–H groups in total.